The predicted octanol–water partition coefficient (Wildman–Crippen LogP) is 4.26. The Morgan fingerprint density at radius 3 is 2.65 bits per heavy atom. The Bertz CT molecular complexity index is 587. The number of halogens is 1. The van der Waals surface area contributed by atoms with Crippen molar-refractivity contribution in [2.75, 3.05) is 13.7 Å². The number of benzene rings is 2. The highest BCUT2D eigenvalue weighted by atomic mass is 79.9. The lowest BCUT2D eigenvalue weighted by Crippen LogP contribution is -2.35. The van der Waals surface area contributed by atoms with Crippen LogP contribution in [0, 0.1) is 0 Å². The van der Waals surface area contributed by atoms with Gasteiger partial charge >= 0.3 is 0 Å². The van der Waals surface area contributed by atoms with Crippen molar-refractivity contribution < 1.29 is 4.74 Å². The number of ether oxygens (including phenoxy) is 1. The Labute approximate surface area is 132 Å². The zero-order chi connectivity index (χ0) is 13.9. The molecule has 0 spiro atoms. The summed E-state index contributed by atoms with van der Waals surface area (Å²) in [6.45, 7) is 0.725. The van der Waals surface area contributed by atoms with Gasteiger partial charge < -0.3 is 10.1 Å². The molecular formula is C16H16BrNOS. The van der Waals surface area contributed by atoms with E-state index in [9.17, 15) is 0 Å². The van der Waals surface area contributed by atoms with Crippen molar-refractivity contribution in [3.05, 3.63) is 58.6 Å². The fourth-order valence-corrected chi connectivity index (χ4v) is 3.93. The Morgan fingerprint density at radius 1 is 1.15 bits per heavy atom. The van der Waals surface area contributed by atoms with E-state index in [1.54, 1.807) is 0 Å². The molecule has 104 valence electrons. The second kappa shape index (κ2) is 6.20. The average Bonchev–Trinajstić information content (AvgIpc) is 2.49. The number of hydrogen-bond donors (Lipinski definition) is 1. The van der Waals surface area contributed by atoms with E-state index in [4.69, 9.17) is 4.74 Å². The Hall–Kier alpha value is -0.970. The number of hydrogen-bond acceptors (Lipinski definition) is 3. The van der Waals surface area contributed by atoms with Crippen molar-refractivity contribution in [1.82, 2.24) is 5.32 Å². The van der Waals surface area contributed by atoms with E-state index >= 15 is 0 Å². The third-order valence-corrected chi connectivity index (χ3v) is 5.23. The maximum atomic E-state index is 5.89. The van der Waals surface area contributed by atoms with Gasteiger partial charge in [-0.3, -0.25) is 0 Å². The normalized spacial score (nSPS) is 21.1. The first-order chi connectivity index (χ1) is 9.78. The molecule has 0 aromatic heterocycles. The molecular weight excluding hydrogens is 334 g/mol. The Kier molecular flexibility index (Phi) is 4.34. The smallest absolute Gasteiger partial charge is 0.124 e. The zero-order valence-electron chi connectivity index (χ0n) is 11.2. The molecule has 4 heteroatoms. The maximum Gasteiger partial charge on any atom is 0.124 e. The molecule has 3 rings (SSSR count). The lowest BCUT2D eigenvalue weighted by Gasteiger charge is -2.33. The standard InChI is InChI=1S/C16H16BrNOS/c1-18-16-13-4-2-3-5-14(13)19-10-15(16)20-12-8-6-11(17)7-9-12/h2-9,15-16,18H,10H2,1H3. The number of rotatable bonds is 3. The molecule has 2 unspecified atom stereocenters. The summed E-state index contributed by atoms with van der Waals surface area (Å²) >= 11 is 5.33. The molecule has 0 amide bonds. The predicted molar refractivity (Wildman–Crippen MR) is 87.5 cm³/mol. The van der Waals surface area contributed by atoms with E-state index in [1.807, 2.05) is 30.9 Å². The average molecular weight is 350 g/mol. The van der Waals surface area contributed by atoms with Gasteiger partial charge in [0.15, 0.2) is 0 Å². The Morgan fingerprint density at radius 2 is 1.90 bits per heavy atom. The number of thioether (sulfide) groups is 1. The molecule has 1 aliphatic rings. The zero-order valence-corrected chi connectivity index (χ0v) is 13.6. The van der Waals surface area contributed by atoms with Crippen LogP contribution in [0.2, 0.25) is 0 Å². The SMILES string of the molecule is CNC1c2ccccc2OCC1Sc1ccc(Br)cc1. The summed E-state index contributed by atoms with van der Waals surface area (Å²) in [5.74, 6) is 1.000. The lowest BCUT2D eigenvalue weighted by atomic mass is 10.0. The maximum absolute atomic E-state index is 5.89. The van der Waals surface area contributed by atoms with Crippen molar-refractivity contribution in [2.45, 2.75) is 16.2 Å². The molecule has 0 radical (unpaired) electrons. The van der Waals surface area contributed by atoms with Gasteiger partial charge in [0.05, 0.1) is 11.3 Å². The molecule has 1 aliphatic heterocycles. The largest absolute Gasteiger partial charge is 0.492 e. The van der Waals surface area contributed by atoms with Crippen LogP contribution in [0.15, 0.2) is 57.9 Å². The van der Waals surface area contributed by atoms with Crippen LogP contribution in [0.25, 0.3) is 0 Å². The summed E-state index contributed by atoms with van der Waals surface area (Å²) in [4.78, 5) is 1.27. The molecule has 1 N–H and O–H groups in total. The molecule has 0 aliphatic carbocycles. The molecule has 0 saturated carbocycles. The molecule has 0 bridgehead atoms. The first kappa shape index (κ1) is 14.0. The Balaban J connectivity index is 1.82. The van der Waals surface area contributed by atoms with Crippen LogP contribution in [0.4, 0.5) is 0 Å². The van der Waals surface area contributed by atoms with Crippen molar-refractivity contribution >= 4 is 27.7 Å². The van der Waals surface area contributed by atoms with E-state index in [2.05, 4.69) is 57.6 Å². The van der Waals surface area contributed by atoms with E-state index in [0.717, 1.165) is 16.8 Å². The summed E-state index contributed by atoms with van der Waals surface area (Å²) in [6.07, 6.45) is 0. The first-order valence-corrected chi connectivity index (χ1v) is 8.26. The van der Waals surface area contributed by atoms with Crippen LogP contribution in [0.1, 0.15) is 11.6 Å². The second-order valence-electron chi connectivity index (χ2n) is 4.73. The summed E-state index contributed by atoms with van der Waals surface area (Å²) in [7, 11) is 2.02. The van der Waals surface area contributed by atoms with Crippen LogP contribution >= 0.6 is 27.7 Å². The van der Waals surface area contributed by atoms with Gasteiger partial charge in [0.1, 0.15) is 12.4 Å². The molecule has 2 atom stereocenters. The molecule has 2 aromatic rings. The molecule has 2 aromatic carbocycles. The fraction of sp³-hybridized carbons (Fsp3) is 0.250. The molecule has 20 heavy (non-hydrogen) atoms. The van der Waals surface area contributed by atoms with Gasteiger partial charge in [-0.15, -0.1) is 11.8 Å². The van der Waals surface area contributed by atoms with Gasteiger partial charge in [0.2, 0.25) is 0 Å². The highest BCUT2D eigenvalue weighted by molar-refractivity contribution is 9.10. The quantitative estimate of drug-likeness (QED) is 0.894. The van der Waals surface area contributed by atoms with E-state index < -0.39 is 0 Å². The van der Waals surface area contributed by atoms with E-state index in [0.29, 0.717) is 11.3 Å². The monoisotopic (exact) mass is 349 g/mol. The van der Waals surface area contributed by atoms with Crippen molar-refractivity contribution in [3.63, 3.8) is 0 Å². The minimum Gasteiger partial charge on any atom is -0.492 e. The second-order valence-corrected chi connectivity index (χ2v) is 6.95. The fourth-order valence-electron chi connectivity index (χ4n) is 2.47. The van der Waals surface area contributed by atoms with Crippen LogP contribution in [0.5, 0.6) is 5.75 Å². The van der Waals surface area contributed by atoms with Gasteiger partial charge in [-0.1, -0.05) is 34.1 Å². The van der Waals surface area contributed by atoms with Gasteiger partial charge in [0, 0.05) is 14.9 Å². The lowest BCUT2D eigenvalue weighted by molar-refractivity contribution is 0.265. The van der Waals surface area contributed by atoms with Gasteiger partial charge in [-0.25, -0.2) is 0 Å². The highest BCUT2D eigenvalue weighted by Crippen LogP contribution is 2.39. The summed E-state index contributed by atoms with van der Waals surface area (Å²) < 4.78 is 7.00. The van der Waals surface area contributed by atoms with E-state index in [1.165, 1.54) is 10.5 Å². The molecule has 1 heterocycles. The van der Waals surface area contributed by atoms with Crippen LogP contribution < -0.4 is 10.1 Å². The van der Waals surface area contributed by atoms with Crippen LogP contribution in [-0.2, 0) is 0 Å². The minimum atomic E-state index is 0.314. The third-order valence-electron chi connectivity index (χ3n) is 3.44. The van der Waals surface area contributed by atoms with Crippen molar-refractivity contribution in [1.29, 1.82) is 0 Å². The van der Waals surface area contributed by atoms with Crippen LogP contribution in [0.3, 0.4) is 0 Å². The molecule has 0 fully saturated rings. The van der Waals surface area contributed by atoms with Crippen molar-refractivity contribution in [3.8, 4) is 5.75 Å². The van der Waals surface area contributed by atoms with Gasteiger partial charge in [0.25, 0.3) is 0 Å². The van der Waals surface area contributed by atoms with Gasteiger partial charge in [-0.2, -0.15) is 0 Å². The summed E-state index contributed by atoms with van der Waals surface area (Å²) in [5, 5.41) is 3.80. The van der Waals surface area contributed by atoms with E-state index in [-0.39, 0.29) is 0 Å². The highest BCUT2D eigenvalue weighted by Gasteiger charge is 2.30. The van der Waals surface area contributed by atoms with Crippen LogP contribution in [-0.4, -0.2) is 18.9 Å². The number of para-hydroxylation sites is 1. The topological polar surface area (TPSA) is 21.3 Å². The summed E-state index contributed by atoms with van der Waals surface area (Å²) in [5.41, 5.74) is 1.25. The van der Waals surface area contributed by atoms with Gasteiger partial charge in [-0.05, 0) is 37.4 Å². The number of fused-ring (bicyclic) bond motifs is 1. The molecule has 2 nitrogen and oxygen atoms in total. The minimum absolute atomic E-state index is 0.314. The summed E-state index contributed by atoms with van der Waals surface area (Å²) in [6, 6.07) is 17.0. The molecule has 0 saturated heterocycles. The third kappa shape index (κ3) is 2.87. The first-order valence-electron chi connectivity index (χ1n) is 6.59. The number of nitrogens with one attached hydrogen (secondary N) is 1. The van der Waals surface area contributed by atoms with Crippen molar-refractivity contribution in [2.24, 2.45) is 0 Å².